The molecule has 0 radical (unpaired) electrons. The van der Waals surface area contributed by atoms with E-state index in [0.717, 1.165) is 40.9 Å². The Balaban J connectivity index is 1.64. The molecule has 0 saturated carbocycles. The molecule has 0 fully saturated rings. The fourth-order valence-corrected chi connectivity index (χ4v) is 5.91. The van der Waals surface area contributed by atoms with Crippen LogP contribution in [0, 0.1) is 0 Å². The van der Waals surface area contributed by atoms with Crippen LogP contribution in [0.4, 0.5) is 0 Å². The summed E-state index contributed by atoms with van der Waals surface area (Å²) in [6, 6.07) is 19.7. The predicted molar refractivity (Wildman–Crippen MR) is 118 cm³/mol. The van der Waals surface area contributed by atoms with E-state index >= 15 is 0 Å². The highest BCUT2D eigenvalue weighted by Gasteiger charge is 2.25. The van der Waals surface area contributed by atoms with E-state index in [9.17, 15) is 8.42 Å². The third-order valence-corrected chi connectivity index (χ3v) is 7.93. The zero-order chi connectivity index (χ0) is 20.2. The van der Waals surface area contributed by atoms with Crippen molar-refractivity contribution in [3.05, 3.63) is 78.0 Å². The van der Waals surface area contributed by atoms with Crippen LogP contribution in [-0.2, 0) is 22.9 Å². The Bertz CT molecular complexity index is 1340. The normalized spacial score (nSPS) is 17.1. The lowest BCUT2D eigenvalue weighted by Crippen LogP contribution is -2.33. The number of likely N-dealkylation sites (N-methyl/N-ethyl adjacent to an activating group) is 1. The van der Waals surface area contributed by atoms with E-state index in [1.54, 1.807) is 18.3 Å². The fraction of sp³-hybridized carbons (Fsp3) is 0.250. The number of benzene rings is 3. The standard InChI is InChI=1S/C24H24N2O2S/c1-25(2)20-10-7-18-9-12-24-22(23(18)16-20)13-14-26(24)29(27,28)21-11-8-17-5-3-4-6-19(17)15-21/h3-6,8-9,11-15,20H,7,10,16H2,1-2H3. The molecule has 0 aliphatic heterocycles. The summed E-state index contributed by atoms with van der Waals surface area (Å²) in [6.07, 6.45) is 4.84. The van der Waals surface area contributed by atoms with Gasteiger partial charge in [-0.1, -0.05) is 36.4 Å². The zero-order valence-electron chi connectivity index (χ0n) is 16.7. The molecule has 29 heavy (non-hydrogen) atoms. The first-order valence-electron chi connectivity index (χ1n) is 9.98. The van der Waals surface area contributed by atoms with E-state index in [1.165, 1.54) is 15.1 Å². The van der Waals surface area contributed by atoms with Crippen LogP contribution in [0.1, 0.15) is 17.5 Å². The van der Waals surface area contributed by atoms with Crippen LogP contribution >= 0.6 is 0 Å². The number of nitrogens with zero attached hydrogens (tertiary/aromatic N) is 2. The second kappa shape index (κ2) is 6.71. The Kier molecular flexibility index (Phi) is 4.26. The van der Waals surface area contributed by atoms with Gasteiger partial charge in [0.25, 0.3) is 10.0 Å². The van der Waals surface area contributed by atoms with Gasteiger partial charge in [-0.15, -0.1) is 0 Å². The first-order chi connectivity index (χ1) is 13.9. The molecule has 1 aliphatic carbocycles. The molecule has 4 aromatic rings. The zero-order valence-corrected chi connectivity index (χ0v) is 17.5. The van der Waals surface area contributed by atoms with Crippen molar-refractivity contribution in [2.45, 2.75) is 30.2 Å². The number of aryl methyl sites for hydroxylation is 1. The molecule has 1 heterocycles. The van der Waals surface area contributed by atoms with E-state index in [4.69, 9.17) is 0 Å². The number of aromatic nitrogens is 1. The van der Waals surface area contributed by atoms with Crippen LogP contribution in [0.15, 0.2) is 71.8 Å². The maximum Gasteiger partial charge on any atom is 0.268 e. The average molecular weight is 405 g/mol. The highest BCUT2D eigenvalue weighted by Crippen LogP contribution is 2.33. The van der Waals surface area contributed by atoms with Crippen molar-refractivity contribution in [1.82, 2.24) is 8.87 Å². The van der Waals surface area contributed by atoms with Gasteiger partial charge >= 0.3 is 0 Å². The van der Waals surface area contributed by atoms with Gasteiger partial charge in [0.15, 0.2) is 0 Å². The van der Waals surface area contributed by atoms with Crippen molar-refractivity contribution >= 4 is 31.7 Å². The monoisotopic (exact) mass is 404 g/mol. The van der Waals surface area contributed by atoms with Crippen molar-refractivity contribution in [2.24, 2.45) is 0 Å². The highest BCUT2D eigenvalue weighted by molar-refractivity contribution is 7.90. The average Bonchev–Trinajstić information content (AvgIpc) is 3.18. The molecule has 0 N–H and O–H groups in total. The summed E-state index contributed by atoms with van der Waals surface area (Å²) in [6.45, 7) is 0. The largest absolute Gasteiger partial charge is 0.306 e. The molecule has 4 nitrogen and oxygen atoms in total. The fourth-order valence-electron chi connectivity index (χ4n) is 4.53. The molecule has 5 heteroatoms. The van der Waals surface area contributed by atoms with Crippen LogP contribution in [0.5, 0.6) is 0 Å². The third kappa shape index (κ3) is 2.96. The van der Waals surface area contributed by atoms with Crippen LogP contribution in [0.25, 0.3) is 21.7 Å². The predicted octanol–water partition coefficient (Wildman–Crippen LogP) is 4.45. The van der Waals surface area contributed by atoms with Gasteiger partial charge in [-0.05, 0) is 79.5 Å². The molecule has 1 aromatic heterocycles. The van der Waals surface area contributed by atoms with Gasteiger partial charge in [0, 0.05) is 17.6 Å². The first kappa shape index (κ1) is 18.4. The highest BCUT2D eigenvalue weighted by atomic mass is 32.2. The maximum absolute atomic E-state index is 13.4. The molecule has 1 aliphatic rings. The van der Waals surface area contributed by atoms with Gasteiger partial charge in [-0.25, -0.2) is 12.4 Å². The number of hydrogen-bond donors (Lipinski definition) is 0. The van der Waals surface area contributed by atoms with Crippen LogP contribution < -0.4 is 0 Å². The van der Waals surface area contributed by atoms with Crippen LogP contribution in [0.2, 0.25) is 0 Å². The lowest BCUT2D eigenvalue weighted by atomic mass is 9.86. The minimum absolute atomic E-state index is 0.317. The molecule has 148 valence electrons. The number of hydrogen-bond acceptors (Lipinski definition) is 3. The van der Waals surface area contributed by atoms with E-state index in [-0.39, 0.29) is 0 Å². The lowest BCUT2D eigenvalue weighted by Gasteiger charge is -2.30. The third-order valence-electron chi connectivity index (χ3n) is 6.24. The van der Waals surface area contributed by atoms with Gasteiger partial charge in [0.05, 0.1) is 10.4 Å². The van der Waals surface area contributed by atoms with Gasteiger partial charge in [0.2, 0.25) is 0 Å². The van der Waals surface area contributed by atoms with Gasteiger partial charge < -0.3 is 4.90 Å². The maximum atomic E-state index is 13.4. The summed E-state index contributed by atoms with van der Waals surface area (Å²) in [4.78, 5) is 2.59. The van der Waals surface area contributed by atoms with Crippen molar-refractivity contribution < 1.29 is 8.42 Å². The Morgan fingerprint density at radius 3 is 2.55 bits per heavy atom. The molecular formula is C24H24N2O2S. The SMILES string of the molecule is CN(C)C1CCc2ccc3c(ccn3S(=O)(=O)c3ccc4ccccc4c3)c2C1. The molecule has 0 saturated heterocycles. The van der Waals surface area contributed by atoms with E-state index in [1.807, 2.05) is 42.5 Å². The van der Waals surface area contributed by atoms with Crippen molar-refractivity contribution in [3.63, 3.8) is 0 Å². The van der Waals surface area contributed by atoms with Gasteiger partial charge in [-0.2, -0.15) is 0 Å². The molecular weight excluding hydrogens is 380 g/mol. The molecule has 0 bridgehead atoms. The molecule has 1 atom stereocenters. The minimum Gasteiger partial charge on any atom is -0.306 e. The first-order valence-corrected chi connectivity index (χ1v) is 11.4. The summed E-state index contributed by atoms with van der Waals surface area (Å²) in [5.41, 5.74) is 3.40. The van der Waals surface area contributed by atoms with Gasteiger partial charge in [-0.3, -0.25) is 0 Å². The summed E-state index contributed by atoms with van der Waals surface area (Å²) in [5, 5.41) is 3.02. The topological polar surface area (TPSA) is 42.3 Å². The van der Waals surface area contributed by atoms with E-state index in [2.05, 4.69) is 25.1 Å². The second-order valence-corrected chi connectivity index (χ2v) is 9.94. The molecule has 0 spiro atoms. The second-order valence-electron chi connectivity index (χ2n) is 8.12. The minimum atomic E-state index is -3.66. The van der Waals surface area contributed by atoms with Crippen LogP contribution in [0.3, 0.4) is 0 Å². The Morgan fingerprint density at radius 2 is 1.76 bits per heavy atom. The van der Waals surface area contributed by atoms with Crippen molar-refractivity contribution in [2.75, 3.05) is 14.1 Å². The summed E-state index contributed by atoms with van der Waals surface area (Å²) in [5.74, 6) is 0. The van der Waals surface area contributed by atoms with E-state index < -0.39 is 10.0 Å². The van der Waals surface area contributed by atoms with Crippen molar-refractivity contribution in [3.8, 4) is 0 Å². The molecule has 3 aromatic carbocycles. The quantitative estimate of drug-likeness (QED) is 0.507. The van der Waals surface area contributed by atoms with Crippen molar-refractivity contribution in [1.29, 1.82) is 0 Å². The Hall–Kier alpha value is -2.63. The Labute approximate surface area is 171 Å². The molecule has 5 rings (SSSR count). The summed E-state index contributed by atoms with van der Waals surface area (Å²) in [7, 11) is 0.569. The smallest absolute Gasteiger partial charge is 0.268 e. The molecule has 1 unspecified atom stereocenters. The van der Waals surface area contributed by atoms with Gasteiger partial charge in [0.1, 0.15) is 0 Å². The lowest BCUT2D eigenvalue weighted by molar-refractivity contribution is 0.269. The summed E-state index contributed by atoms with van der Waals surface area (Å²) < 4.78 is 28.3. The molecule has 0 amide bonds. The van der Waals surface area contributed by atoms with E-state index in [0.29, 0.717) is 10.9 Å². The van der Waals surface area contributed by atoms with Crippen LogP contribution in [-0.4, -0.2) is 37.4 Å². The number of rotatable bonds is 3. The summed E-state index contributed by atoms with van der Waals surface area (Å²) >= 11 is 0. The number of fused-ring (bicyclic) bond motifs is 4. The Morgan fingerprint density at radius 1 is 0.966 bits per heavy atom.